The summed E-state index contributed by atoms with van der Waals surface area (Å²) in [6.45, 7) is 1.80. The van der Waals surface area contributed by atoms with Crippen LogP contribution in [0.15, 0.2) is 40.9 Å². The van der Waals surface area contributed by atoms with Gasteiger partial charge in [0.15, 0.2) is 0 Å². The first-order valence-electron chi connectivity index (χ1n) is 8.85. The van der Waals surface area contributed by atoms with Crippen LogP contribution in [0.2, 0.25) is 10.0 Å². The van der Waals surface area contributed by atoms with Crippen molar-refractivity contribution < 1.29 is 18.0 Å². The van der Waals surface area contributed by atoms with Crippen molar-refractivity contribution in [3.63, 3.8) is 0 Å². The third-order valence-corrected chi connectivity index (χ3v) is 7.72. The van der Waals surface area contributed by atoms with E-state index in [2.05, 4.69) is 10.6 Å². The number of hydrogen-bond donors (Lipinski definition) is 2. The van der Waals surface area contributed by atoms with Gasteiger partial charge in [-0.05, 0) is 42.1 Å². The summed E-state index contributed by atoms with van der Waals surface area (Å²) in [5, 5.41) is 8.12. The van der Waals surface area contributed by atoms with E-state index in [4.69, 9.17) is 23.2 Å². The van der Waals surface area contributed by atoms with E-state index in [9.17, 15) is 18.0 Å². The Labute approximate surface area is 188 Å². The lowest BCUT2D eigenvalue weighted by Crippen LogP contribution is -2.42. The van der Waals surface area contributed by atoms with Crippen molar-refractivity contribution in [3.05, 3.63) is 61.4 Å². The summed E-state index contributed by atoms with van der Waals surface area (Å²) in [7, 11) is -3.51. The van der Waals surface area contributed by atoms with Gasteiger partial charge in [-0.1, -0.05) is 23.2 Å². The Kier molecular flexibility index (Phi) is 6.88. The molecule has 1 aliphatic rings. The second-order valence-corrected chi connectivity index (χ2v) is 10.5. The topological polar surface area (TPSA) is 95.6 Å². The van der Waals surface area contributed by atoms with Crippen molar-refractivity contribution >= 4 is 62.1 Å². The van der Waals surface area contributed by atoms with Gasteiger partial charge in [-0.25, -0.2) is 8.42 Å². The Morgan fingerprint density at radius 2 is 1.77 bits per heavy atom. The summed E-state index contributed by atoms with van der Waals surface area (Å²) in [5.41, 5.74) is 1.82. The minimum Gasteiger partial charge on any atom is -0.324 e. The molecule has 11 heteroatoms. The number of anilines is 1. The highest BCUT2D eigenvalue weighted by Gasteiger charge is 2.30. The van der Waals surface area contributed by atoms with Crippen molar-refractivity contribution in [3.8, 4) is 0 Å². The Morgan fingerprint density at radius 1 is 1.10 bits per heavy atom. The first-order chi connectivity index (χ1) is 14.1. The Balaban J connectivity index is 1.90. The van der Waals surface area contributed by atoms with Crippen molar-refractivity contribution in [2.45, 2.75) is 13.3 Å². The third kappa shape index (κ3) is 5.22. The molecule has 30 heavy (non-hydrogen) atoms. The molecule has 0 aliphatic carbocycles. The molecule has 2 aromatic rings. The lowest BCUT2D eigenvalue weighted by Gasteiger charge is -2.28. The predicted molar refractivity (Wildman–Crippen MR) is 120 cm³/mol. The summed E-state index contributed by atoms with van der Waals surface area (Å²) >= 11 is 13.3. The molecule has 0 radical (unpaired) electrons. The lowest BCUT2D eigenvalue weighted by atomic mass is 10.1. The molecule has 2 heterocycles. The van der Waals surface area contributed by atoms with Crippen LogP contribution in [0.3, 0.4) is 0 Å². The maximum absolute atomic E-state index is 12.9. The van der Waals surface area contributed by atoms with Crippen molar-refractivity contribution in [2.75, 3.05) is 24.7 Å². The molecule has 0 unspecified atom stereocenters. The largest absolute Gasteiger partial charge is 0.324 e. The van der Waals surface area contributed by atoms with Crippen LogP contribution in [0.5, 0.6) is 0 Å². The predicted octanol–water partition coefficient (Wildman–Crippen LogP) is 3.65. The number of carbonyl (C=O) groups excluding carboxylic acids is 2. The van der Waals surface area contributed by atoms with Gasteiger partial charge in [0.25, 0.3) is 11.8 Å². The summed E-state index contributed by atoms with van der Waals surface area (Å²) in [5.74, 6) is -0.938. The van der Waals surface area contributed by atoms with Gasteiger partial charge < -0.3 is 10.6 Å². The molecule has 2 N–H and O–H groups in total. The van der Waals surface area contributed by atoms with Gasteiger partial charge in [0.05, 0.1) is 16.9 Å². The average molecular weight is 488 g/mol. The Bertz CT molecular complexity index is 1130. The zero-order valence-electron chi connectivity index (χ0n) is 16.2. The number of benzene rings is 1. The molecule has 0 atom stereocenters. The van der Waals surface area contributed by atoms with Crippen LogP contribution in [0.1, 0.15) is 21.7 Å². The molecule has 0 spiro atoms. The number of nitrogens with zero attached hydrogens (tertiary/aromatic N) is 1. The van der Waals surface area contributed by atoms with Gasteiger partial charge in [-0.15, -0.1) is 11.3 Å². The summed E-state index contributed by atoms with van der Waals surface area (Å²) in [6.07, 6.45) is 1.27. The molecule has 0 fully saturated rings. The molecule has 160 valence electrons. The maximum Gasteiger partial charge on any atom is 0.267 e. The van der Waals surface area contributed by atoms with Crippen LogP contribution in [0, 0.1) is 6.92 Å². The molecular weight excluding hydrogens is 469 g/mol. The molecule has 0 saturated carbocycles. The van der Waals surface area contributed by atoms with Gasteiger partial charge in [-0.2, -0.15) is 4.31 Å². The fourth-order valence-electron chi connectivity index (χ4n) is 2.88. The van der Waals surface area contributed by atoms with Gasteiger partial charge in [0.2, 0.25) is 10.0 Å². The summed E-state index contributed by atoms with van der Waals surface area (Å²) in [6, 6.07) is 6.51. The second kappa shape index (κ2) is 9.07. The van der Waals surface area contributed by atoms with Gasteiger partial charge in [0, 0.05) is 35.9 Å². The smallest absolute Gasteiger partial charge is 0.267 e. The third-order valence-electron chi connectivity index (χ3n) is 4.52. The van der Waals surface area contributed by atoms with E-state index in [0.717, 1.165) is 11.8 Å². The fourth-order valence-corrected chi connectivity index (χ4v) is 4.97. The van der Waals surface area contributed by atoms with E-state index in [1.807, 2.05) is 0 Å². The number of amides is 2. The van der Waals surface area contributed by atoms with Crippen LogP contribution >= 0.6 is 34.5 Å². The molecule has 7 nitrogen and oxygen atoms in total. The second-order valence-electron chi connectivity index (χ2n) is 6.78. The van der Waals surface area contributed by atoms with Gasteiger partial charge >= 0.3 is 0 Å². The molecule has 1 aliphatic heterocycles. The SMILES string of the molecule is Cc1csc(C(=O)NC2=C(C(=O)Nc3ccc(Cl)cc3)CN(S(C)(=O)=O)CC2)c1Cl. The van der Waals surface area contributed by atoms with Crippen LogP contribution in [-0.4, -0.2) is 43.9 Å². The zero-order valence-corrected chi connectivity index (χ0v) is 19.3. The summed E-state index contributed by atoms with van der Waals surface area (Å²) in [4.78, 5) is 26.0. The zero-order chi connectivity index (χ0) is 22.1. The van der Waals surface area contributed by atoms with Gasteiger partial charge in [0.1, 0.15) is 4.88 Å². The minimum absolute atomic E-state index is 0.148. The molecule has 1 aromatic heterocycles. The van der Waals surface area contributed by atoms with Crippen LogP contribution in [0.25, 0.3) is 0 Å². The lowest BCUT2D eigenvalue weighted by molar-refractivity contribution is -0.113. The number of halogens is 2. The highest BCUT2D eigenvalue weighted by Crippen LogP contribution is 2.28. The number of sulfonamides is 1. The standard InChI is InChI=1S/C19H19Cl2N3O4S2/c1-11-10-29-17(16(11)21)19(26)23-15-7-8-24(30(2,27)28)9-14(15)18(25)22-13-5-3-12(20)4-6-13/h3-6,10H,7-9H2,1-2H3,(H,22,25)(H,23,26). The number of thiophene rings is 1. The number of carbonyl (C=O) groups is 2. The van der Waals surface area contributed by atoms with Crippen LogP contribution in [-0.2, 0) is 14.8 Å². The molecule has 0 saturated heterocycles. The average Bonchev–Trinajstić information content (AvgIpc) is 3.02. The first kappa shape index (κ1) is 22.8. The van der Waals surface area contributed by atoms with E-state index >= 15 is 0 Å². The van der Waals surface area contributed by atoms with E-state index in [1.165, 1.54) is 15.6 Å². The van der Waals surface area contributed by atoms with E-state index in [-0.39, 0.29) is 25.1 Å². The molecule has 1 aromatic carbocycles. The Morgan fingerprint density at radius 3 is 2.33 bits per heavy atom. The number of nitrogens with one attached hydrogen (secondary N) is 2. The monoisotopic (exact) mass is 487 g/mol. The minimum atomic E-state index is -3.51. The van der Waals surface area contributed by atoms with Gasteiger partial charge in [-0.3, -0.25) is 9.59 Å². The fraction of sp³-hybridized carbons (Fsp3) is 0.263. The number of rotatable bonds is 5. The normalized spacial score (nSPS) is 15.2. The molecule has 0 bridgehead atoms. The van der Waals surface area contributed by atoms with Crippen molar-refractivity contribution in [2.24, 2.45) is 0 Å². The number of hydrogen-bond acceptors (Lipinski definition) is 5. The number of aryl methyl sites for hydroxylation is 1. The Hall–Kier alpha value is -1.91. The van der Waals surface area contributed by atoms with Crippen LogP contribution in [0.4, 0.5) is 5.69 Å². The van der Waals surface area contributed by atoms with E-state index in [1.54, 1.807) is 36.6 Å². The van der Waals surface area contributed by atoms with E-state index < -0.39 is 21.8 Å². The molecular formula is C19H19Cl2N3O4S2. The maximum atomic E-state index is 12.9. The van der Waals surface area contributed by atoms with Crippen LogP contribution < -0.4 is 10.6 Å². The first-order valence-corrected chi connectivity index (χ1v) is 12.3. The highest BCUT2D eigenvalue weighted by molar-refractivity contribution is 7.88. The highest BCUT2D eigenvalue weighted by atomic mass is 35.5. The molecule has 3 rings (SSSR count). The summed E-state index contributed by atoms with van der Waals surface area (Å²) < 4.78 is 25.2. The van der Waals surface area contributed by atoms with Crippen molar-refractivity contribution in [1.82, 2.24) is 9.62 Å². The van der Waals surface area contributed by atoms with Crippen molar-refractivity contribution in [1.29, 1.82) is 0 Å². The molecule has 2 amide bonds. The quantitative estimate of drug-likeness (QED) is 0.672. The van der Waals surface area contributed by atoms with E-state index in [0.29, 0.717) is 26.3 Å².